The number of hydrogen-bond donors (Lipinski definition) is 0. The Labute approximate surface area is 281 Å². The summed E-state index contributed by atoms with van der Waals surface area (Å²) in [5.41, 5.74) is 7.69. The van der Waals surface area contributed by atoms with Gasteiger partial charge in [-0.05, 0) is 70.1 Å². The van der Waals surface area contributed by atoms with Crippen LogP contribution in [0.3, 0.4) is 0 Å². The van der Waals surface area contributed by atoms with Crippen molar-refractivity contribution in [2.24, 2.45) is 0 Å². The molecule has 0 atom stereocenters. The van der Waals surface area contributed by atoms with Crippen molar-refractivity contribution in [1.29, 1.82) is 0 Å². The molecule has 9 aromatic rings. The van der Waals surface area contributed by atoms with E-state index in [-0.39, 0.29) is 5.43 Å². The first-order valence-corrected chi connectivity index (χ1v) is 16.0. The van der Waals surface area contributed by atoms with Gasteiger partial charge in [0.1, 0.15) is 11.2 Å². The van der Waals surface area contributed by atoms with Crippen LogP contribution in [-0.2, 0) is 0 Å². The highest BCUT2D eigenvalue weighted by atomic mass is 16.3. The molecule has 0 bridgehead atoms. The van der Waals surface area contributed by atoms with Crippen molar-refractivity contribution in [3.8, 4) is 56.4 Å². The molecule has 0 aliphatic heterocycles. The minimum absolute atomic E-state index is 0.0388. The van der Waals surface area contributed by atoms with Crippen LogP contribution in [-0.4, -0.2) is 19.9 Å². The summed E-state index contributed by atoms with van der Waals surface area (Å²) in [7, 11) is 0. The van der Waals surface area contributed by atoms with Crippen LogP contribution in [0.25, 0.3) is 89.1 Å². The molecule has 0 spiro atoms. The lowest BCUT2D eigenvalue weighted by Gasteiger charge is -2.13. The molecule has 49 heavy (non-hydrogen) atoms. The van der Waals surface area contributed by atoms with E-state index < -0.39 is 0 Å². The summed E-state index contributed by atoms with van der Waals surface area (Å²) in [5, 5.41) is 3.24. The molecule has 3 aromatic heterocycles. The largest absolute Gasteiger partial charge is 0.456 e. The smallest absolute Gasteiger partial charge is 0.200 e. The zero-order chi connectivity index (χ0) is 32.7. The second kappa shape index (κ2) is 11.8. The molecule has 0 unspecified atom stereocenters. The van der Waals surface area contributed by atoms with E-state index in [9.17, 15) is 4.79 Å². The van der Waals surface area contributed by atoms with Crippen molar-refractivity contribution in [3.63, 3.8) is 0 Å². The number of aromatic nitrogens is 4. The second-order valence-corrected chi connectivity index (χ2v) is 11.9. The van der Waals surface area contributed by atoms with Crippen LogP contribution in [0.4, 0.5) is 0 Å². The summed E-state index contributed by atoms with van der Waals surface area (Å²) in [6.45, 7) is 0. The molecule has 6 aromatic carbocycles. The summed E-state index contributed by atoms with van der Waals surface area (Å²) >= 11 is 0. The number of hydrogen-bond acceptors (Lipinski definition) is 6. The Kier molecular flexibility index (Phi) is 6.84. The molecule has 0 aliphatic rings. The zero-order valence-electron chi connectivity index (χ0n) is 26.1. The highest BCUT2D eigenvalue weighted by Crippen LogP contribution is 2.35. The maximum atomic E-state index is 13.4. The van der Waals surface area contributed by atoms with E-state index in [4.69, 9.17) is 19.4 Å². The molecule has 6 nitrogen and oxygen atoms in total. The first-order valence-electron chi connectivity index (χ1n) is 16.0. The van der Waals surface area contributed by atoms with Crippen LogP contribution in [0.5, 0.6) is 0 Å². The Bertz CT molecular complexity index is 2760. The summed E-state index contributed by atoms with van der Waals surface area (Å²) in [6, 6.07) is 47.8. The Balaban J connectivity index is 1.18. The third-order valence-corrected chi connectivity index (χ3v) is 8.82. The summed E-state index contributed by atoms with van der Waals surface area (Å²) in [4.78, 5) is 32.7. The fourth-order valence-electron chi connectivity index (χ4n) is 6.34. The molecule has 0 radical (unpaired) electrons. The molecule has 9 rings (SSSR count). The average molecular weight is 631 g/mol. The highest BCUT2D eigenvalue weighted by molar-refractivity contribution is 5.93. The van der Waals surface area contributed by atoms with Gasteiger partial charge in [-0.25, -0.2) is 15.0 Å². The summed E-state index contributed by atoms with van der Waals surface area (Å²) in [5.74, 6) is 1.77. The van der Waals surface area contributed by atoms with Crippen molar-refractivity contribution in [1.82, 2.24) is 19.9 Å². The van der Waals surface area contributed by atoms with Gasteiger partial charge in [0, 0.05) is 34.5 Å². The number of nitrogens with zero attached hydrogens (tertiary/aromatic N) is 4. The molecule has 0 amide bonds. The molecule has 0 fully saturated rings. The predicted octanol–water partition coefficient (Wildman–Crippen LogP) is 10.0. The lowest BCUT2D eigenvalue weighted by molar-refractivity contribution is 0.660. The van der Waals surface area contributed by atoms with E-state index in [0.717, 1.165) is 49.7 Å². The number of para-hydroxylation sites is 1. The van der Waals surface area contributed by atoms with Crippen LogP contribution in [0, 0.1) is 0 Å². The van der Waals surface area contributed by atoms with Gasteiger partial charge >= 0.3 is 0 Å². The van der Waals surface area contributed by atoms with Crippen molar-refractivity contribution >= 4 is 32.7 Å². The van der Waals surface area contributed by atoms with Crippen LogP contribution in [0.2, 0.25) is 0 Å². The molecule has 3 heterocycles. The topological polar surface area (TPSA) is 81.8 Å². The average Bonchev–Trinajstić information content (AvgIpc) is 3.18. The van der Waals surface area contributed by atoms with Gasteiger partial charge in [0.25, 0.3) is 0 Å². The Morgan fingerprint density at radius 3 is 2.00 bits per heavy atom. The van der Waals surface area contributed by atoms with E-state index in [0.29, 0.717) is 39.4 Å². The number of rotatable bonds is 5. The molecule has 0 N–H and O–H groups in total. The lowest BCUT2D eigenvalue weighted by Crippen LogP contribution is -2.02. The van der Waals surface area contributed by atoms with Gasteiger partial charge in [0.2, 0.25) is 5.43 Å². The van der Waals surface area contributed by atoms with E-state index in [1.54, 1.807) is 12.3 Å². The molecule has 0 aliphatic carbocycles. The third-order valence-electron chi connectivity index (χ3n) is 8.82. The molecular formula is C43H26N4O2. The van der Waals surface area contributed by atoms with Crippen molar-refractivity contribution in [3.05, 3.63) is 168 Å². The van der Waals surface area contributed by atoms with Crippen LogP contribution >= 0.6 is 0 Å². The number of pyridine rings is 1. The standard InChI is InChI=1S/C43H26N4O2/c48-40-36-15-6-7-16-38(36)49-39-20-19-29(25-37(39)40)28-11-8-12-31(23-28)34-13-4-5-14-35(34)43-46-41(27-9-2-1-3-10-27)45-42(47-43)32-17-18-33-26-44-22-21-30(33)24-32/h1-26H. The van der Waals surface area contributed by atoms with E-state index >= 15 is 0 Å². The first-order chi connectivity index (χ1) is 24.2. The SMILES string of the molecule is O=c1c2ccccc2oc2ccc(-c3cccc(-c4ccccc4-c4nc(-c5ccccc5)nc(-c5ccc6cnccc6c5)n4)c3)cc12. The van der Waals surface area contributed by atoms with Gasteiger partial charge in [-0.1, -0.05) is 103 Å². The van der Waals surface area contributed by atoms with Gasteiger partial charge in [-0.2, -0.15) is 0 Å². The minimum atomic E-state index is -0.0388. The molecule has 0 saturated carbocycles. The summed E-state index contributed by atoms with van der Waals surface area (Å²) in [6.07, 6.45) is 3.64. The molecule has 0 saturated heterocycles. The first kappa shape index (κ1) is 28.4. The zero-order valence-corrected chi connectivity index (χ0v) is 26.1. The Morgan fingerprint density at radius 2 is 1.10 bits per heavy atom. The van der Waals surface area contributed by atoms with Crippen molar-refractivity contribution < 1.29 is 4.42 Å². The van der Waals surface area contributed by atoms with Crippen molar-refractivity contribution in [2.75, 3.05) is 0 Å². The van der Waals surface area contributed by atoms with E-state index in [1.165, 1.54) is 0 Å². The normalized spacial score (nSPS) is 11.3. The quantitative estimate of drug-likeness (QED) is 0.176. The van der Waals surface area contributed by atoms with Gasteiger partial charge < -0.3 is 4.42 Å². The van der Waals surface area contributed by atoms with Crippen LogP contribution in [0.1, 0.15) is 0 Å². The maximum Gasteiger partial charge on any atom is 0.200 e. The van der Waals surface area contributed by atoms with Gasteiger partial charge in [-0.3, -0.25) is 9.78 Å². The molecule has 6 heteroatoms. The van der Waals surface area contributed by atoms with Crippen LogP contribution < -0.4 is 5.43 Å². The van der Waals surface area contributed by atoms with Gasteiger partial charge in [0.05, 0.1) is 10.8 Å². The minimum Gasteiger partial charge on any atom is -0.456 e. The predicted molar refractivity (Wildman–Crippen MR) is 196 cm³/mol. The third kappa shape index (κ3) is 5.22. The second-order valence-electron chi connectivity index (χ2n) is 11.9. The van der Waals surface area contributed by atoms with Gasteiger partial charge in [-0.15, -0.1) is 0 Å². The van der Waals surface area contributed by atoms with Gasteiger partial charge in [0.15, 0.2) is 17.5 Å². The Hall–Kier alpha value is -6.79. The summed E-state index contributed by atoms with van der Waals surface area (Å²) < 4.78 is 6.06. The monoisotopic (exact) mass is 630 g/mol. The lowest BCUT2D eigenvalue weighted by atomic mass is 9.95. The molecular weight excluding hydrogens is 604 g/mol. The van der Waals surface area contributed by atoms with E-state index in [1.807, 2.05) is 115 Å². The van der Waals surface area contributed by atoms with Crippen molar-refractivity contribution in [2.45, 2.75) is 0 Å². The number of fused-ring (bicyclic) bond motifs is 3. The maximum absolute atomic E-state index is 13.4. The van der Waals surface area contributed by atoms with E-state index in [2.05, 4.69) is 35.3 Å². The van der Waals surface area contributed by atoms with Crippen LogP contribution in [0.15, 0.2) is 167 Å². The fraction of sp³-hybridized carbons (Fsp3) is 0. The fourth-order valence-corrected chi connectivity index (χ4v) is 6.34. The number of benzene rings is 6. The Morgan fingerprint density at radius 1 is 0.429 bits per heavy atom. The highest BCUT2D eigenvalue weighted by Gasteiger charge is 2.17. The molecule has 230 valence electrons.